The van der Waals surface area contributed by atoms with Gasteiger partial charge in [-0.25, -0.2) is 4.79 Å². The van der Waals surface area contributed by atoms with Gasteiger partial charge < -0.3 is 15.2 Å². The Labute approximate surface area is 120 Å². The standard InChI is InChI=1S/C13H16BrNO4/c1-7(2)11(13(18)19-3)15-12(17)8-4-5-9(14)10(16)6-8/h4-7,11,16H,1-3H3,(H,15,17). The second-order valence-electron chi connectivity index (χ2n) is 4.38. The molecule has 19 heavy (non-hydrogen) atoms. The molecule has 6 heteroatoms. The van der Waals surface area contributed by atoms with Crippen LogP contribution in [-0.2, 0) is 9.53 Å². The van der Waals surface area contributed by atoms with Gasteiger partial charge in [-0.1, -0.05) is 13.8 Å². The van der Waals surface area contributed by atoms with E-state index in [1.54, 1.807) is 26.0 Å². The summed E-state index contributed by atoms with van der Waals surface area (Å²) in [5.41, 5.74) is 0.273. The number of phenolic OH excluding ortho intramolecular Hbond substituents is 1. The van der Waals surface area contributed by atoms with Gasteiger partial charge in [-0.15, -0.1) is 0 Å². The molecular formula is C13H16BrNO4. The van der Waals surface area contributed by atoms with E-state index in [4.69, 9.17) is 0 Å². The maximum atomic E-state index is 12.0. The van der Waals surface area contributed by atoms with Gasteiger partial charge in [-0.2, -0.15) is 0 Å². The molecule has 1 aromatic rings. The number of esters is 1. The molecule has 2 N–H and O–H groups in total. The third kappa shape index (κ3) is 3.96. The minimum Gasteiger partial charge on any atom is -0.507 e. The zero-order chi connectivity index (χ0) is 14.6. The lowest BCUT2D eigenvalue weighted by Gasteiger charge is -2.19. The zero-order valence-corrected chi connectivity index (χ0v) is 12.5. The average Bonchev–Trinajstić information content (AvgIpc) is 2.37. The second kappa shape index (κ2) is 6.56. The van der Waals surface area contributed by atoms with Gasteiger partial charge in [0.25, 0.3) is 5.91 Å². The van der Waals surface area contributed by atoms with Gasteiger partial charge in [-0.05, 0) is 40.0 Å². The van der Waals surface area contributed by atoms with E-state index in [-0.39, 0.29) is 17.2 Å². The van der Waals surface area contributed by atoms with Gasteiger partial charge in [0.05, 0.1) is 11.6 Å². The summed E-state index contributed by atoms with van der Waals surface area (Å²) in [5.74, 6) is -1.07. The molecule has 0 fully saturated rings. The Morgan fingerprint density at radius 1 is 1.37 bits per heavy atom. The van der Waals surface area contributed by atoms with Crippen molar-refractivity contribution in [3.05, 3.63) is 28.2 Å². The number of methoxy groups -OCH3 is 1. The Morgan fingerprint density at radius 3 is 2.47 bits per heavy atom. The molecule has 0 radical (unpaired) electrons. The van der Waals surface area contributed by atoms with Crippen LogP contribution in [0, 0.1) is 5.92 Å². The molecule has 0 aliphatic carbocycles. The lowest BCUT2D eigenvalue weighted by molar-refractivity contribution is -0.144. The summed E-state index contributed by atoms with van der Waals surface area (Å²) in [7, 11) is 1.27. The molecule has 0 heterocycles. The van der Waals surface area contributed by atoms with E-state index in [1.807, 2.05) is 0 Å². The highest BCUT2D eigenvalue weighted by molar-refractivity contribution is 9.10. The second-order valence-corrected chi connectivity index (χ2v) is 5.24. The maximum absolute atomic E-state index is 12.0. The molecule has 1 amide bonds. The van der Waals surface area contributed by atoms with Crippen molar-refractivity contribution in [2.75, 3.05) is 7.11 Å². The van der Waals surface area contributed by atoms with Gasteiger partial charge >= 0.3 is 5.97 Å². The molecule has 0 bridgehead atoms. The summed E-state index contributed by atoms with van der Waals surface area (Å²) in [6, 6.07) is 3.72. The smallest absolute Gasteiger partial charge is 0.328 e. The number of phenols is 1. The van der Waals surface area contributed by atoms with Crippen molar-refractivity contribution in [2.45, 2.75) is 19.9 Å². The Hall–Kier alpha value is -1.56. The van der Waals surface area contributed by atoms with E-state index in [9.17, 15) is 14.7 Å². The predicted molar refractivity (Wildman–Crippen MR) is 73.9 cm³/mol. The van der Waals surface area contributed by atoms with E-state index in [2.05, 4.69) is 26.0 Å². The van der Waals surface area contributed by atoms with Crippen molar-refractivity contribution in [1.82, 2.24) is 5.32 Å². The Kier molecular flexibility index (Phi) is 5.35. The van der Waals surface area contributed by atoms with Crippen LogP contribution < -0.4 is 5.32 Å². The molecule has 0 aromatic heterocycles. The zero-order valence-electron chi connectivity index (χ0n) is 10.9. The third-order valence-electron chi connectivity index (χ3n) is 2.62. The molecule has 5 nitrogen and oxygen atoms in total. The SMILES string of the molecule is COC(=O)C(NC(=O)c1ccc(Br)c(O)c1)C(C)C. The average molecular weight is 330 g/mol. The summed E-state index contributed by atoms with van der Waals surface area (Å²) < 4.78 is 5.14. The van der Waals surface area contributed by atoms with Gasteiger partial charge in [0.1, 0.15) is 11.8 Å². The van der Waals surface area contributed by atoms with E-state index in [1.165, 1.54) is 13.2 Å². The third-order valence-corrected chi connectivity index (χ3v) is 3.29. The fourth-order valence-electron chi connectivity index (χ4n) is 1.50. The minimum absolute atomic E-state index is 0.0354. The van der Waals surface area contributed by atoms with Crippen LogP contribution >= 0.6 is 15.9 Å². The van der Waals surface area contributed by atoms with Crippen LogP contribution in [0.15, 0.2) is 22.7 Å². The first-order valence-electron chi connectivity index (χ1n) is 5.74. The molecule has 1 aromatic carbocycles. The van der Waals surface area contributed by atoms with Gasteiger partial charge in [0, 0.05) is 5.56 Å². The highest BCUT2D eigenvalue weighted by atomic mass is 79.9. The highest BCUT2D eigenvalue weighted by Gasteiger charge is 2.25. The van der Waals surface area contributed by atoms with E-state index in [0.717, 1.165) is 0 Å². The monoisotopic (exact) mass is 329 g/mol. The number of nitrogens with one attached hydrogen (secondary N) is 1. The first-order valence-corrected chi connectivity index (χ1v) is 6.53. The predicted octanol–water partition coefficient (Wildman–Crippen LogP) is 2.08. The van der Waals surface area contributed by atoms with Crippen molar-refractivity contribution in [1.29, 1.82) is 0 Å². The number of halogens is 1. The lowest BCUT2D eigenvalue weighted by atomic mass is 10.0. The van der Waals surface area contributed by atoms with Gasteiger partial charge in [0.15, 0.2) is 0 Å². The first kappa shape index (κ1) is 15.5. The van der Waals surface area contributed by atoms with Crippen molar-refractivity contribution < 1.29 is 19.4 Å². The van der Waals surface area contributed by atoms with E-state index < -0.39 is 17.9 Å². The largest absolute Gasteiger partial charge is 0.507 e. The van der Waals surface area contributed by atoms with Gasteiger partial charge in [0.2, 0.25) is 0 Å². The number of ether oxygens (including phenoxy) is 1. The van der Waals surface area contributed by atoms with E-state index in [0.29, 0.717) is 4.47 Å². The molecule has 1 unspecified atom stereocenters. The van der Waals surface area contributed by atoms with Crippen molar-refractivity contribution in [3.8, 4) is 5.75 Å². The summed E-state index contributed by atoms with van der Waals surface area (Å²) in [5, 5.41) is 12.1. The molecule has 0 saturated carbocycles. The minimum atomic E-state index is -0.719. The normalized spacial score (nSPS) is 12.1. The van der Waals surface area contributed by atoms with Crippen LogP contribution in [0.25, 0.3) is 0 Å². The number of aromatic hydroxyl groups is 1. The summed E-state index contributed by atoms with van der Waals surface area (Å²) in [4.78, 5) is 23.5. The fourth-order valence-corrected chi connectivity index (χ4v) is 1.75. The van der Waals surface area contributed by atoms with Crippen molar-refractivity contribution in [3.63, 3.8) is 0 Å². The summed E-state index contributed by atoms with van der Waals surface area (Å²) in [6.07, 6.45) is 0. The number of carbonyl (C=O) groups excluding carboxylic acids is 2. The van der Waals surface area contributed by atoms with Crippen LogP contribution in [0.3, 0.4) is 0 Å². The fraction of sp³-hybridized carbons (Fsp3) is 0.385. The molecule has 0 spiro atoms. The van der Waals surface area contributed by atoms with E-state index >= 15 is 0 Å². The first-order chi connectivity index (χ1) is 8.86. The van der Waals surface area contributed by atoms with Crippen LogP contribution in [0.2, 0.25) is 0 Å². The number of benzene rings is 1. The Morgan fingerprint density at radius 2 is 2.00 bits per heavy atom. The molecule has 0 saturated heterocycles. The molecule has 0 aliphatic rings. The number of rotatable bonds is 4. The molecule has 1 atom stereocenters. The van der Waals surface area contributed by atoms with Crippen molar-refractivity contribution in [2.24, 2.45) is 5.92 Å². The summed E-state index contributed by atoms with van der Waals surface area (Å²) in [6.45, 7) is 3.61. The molecule has 0 aliphatic heterocycles. The van der Waals surface area contributed by atoms with Crippen LogP contribution in [0.1, 0.15) is 24.2 Å². The van der Waals surface area contributed by atoms with Crippen LogP contribution in [-0.4, -0.2) is 30.1 Å². The summed E-state index contributed by atoms with van der Waals surface area (Å²) >= 11 is 3.13. The maximum Gasteiger partial charge on any atom is 0.328 e. The van der Waals surface area contributed by atoms with Crippen LogP contribution in [0.5, 0.6) is 5.75 Å². The Bertz CT molecular complexity index is 488. The van der Waals surface area contributed by atoms with Crippen molar-refractivity contribution >= 4 is 27.8 Å². The topological polar surface area (TPSA) is 75.6 Å². The molecular weight excluding hydrogens is 314 g/mol. The number of amides is 1. The number of carbonyl (C=O) groups is 2. The van der Waals surface area contributed by atoms with Gasteiger partial charge in [-0.3, -0.25) is 4.79 Å². The lowest BCUT2D eigenvalue weighted by Crippen LogP contribution is -2.45. The highest BCUT2D eigenvalue weighted by Crippen LogP contribution is 2.24. The van der Waals surface area contributed by atoms with Crippen LogP contribution in [0.4, 0.5) is 0 Å². The molecule has 104 valence electrons. The number of hydrogen-bond donors (Lipinski definition) is 2. The molecule has 1 rings (SSSR count). The Balaban J connectivity index is 2.87. The quantitative estimate of drug-likeness (QED) is 0.829. The number of hydrogen-bond acceptors (Lipinski definition) is 4.